The fourth-order valence-corrected chi connectivity index (χ4v) is 8.80. The topological polar surface area (TPSA) is 23.5 Å². The highest BCUT2D eigenvalue weighted by molar-refractivity contribution is 6.28. The van der Waals surface area contributed by atoms with Gasteiger partial charge >= 0.3 is 0 Å². The van der Waals surface area contributed by atoms with Gasteiger partial charge in [0.25, 0.3) is 0 Å². The highest BCUT2D eigenvalue weighted by Gasteiger charge is 2.25. The molecular formula is C50H29N5. The summed E-state index contributed by atoms with van der Waals surface area (Å²) >= 11 is 0. The number of nitrogens with zero attached hydrogens (tertiary/aromatic N) is 5. The maximum absolute atomic E-state index is 8.34. The van der Waals surface area contributed by atoms with Crippen LogP contribution in [0.1, 0.15) is 0 Å². The van der Waals surface area contributed by atoms with E-state index in [0.717, 1.165) is 77.4 Å². The zero-order chi connectivity index (χ0) is 36.6. The summed E-state index contributed by atoms with van der Waals surface area (Å²) in [5, 5.41) is 6.90. The molecule has 0 saturated carbocycles. The molecule has 0 aliphatic carbocycles. The van der Waals surface area contributed by atoms with E-state index < -0.39 is 0 Å². The molecule has 3 heterocycles. The van der Waals surface area contributed by atoms with Gasteiger partial charge in [-0.3, -0.25) is 0 Å². The number of benzene rings is 8. The van der Waals surface area contributed by atoms with Crippen LogP contribution in [0.3, 0.4) is 0 Å². The molecule has 0 aliphatic rings. The molecule has 0 saturated heterocycles. The first-order valence-electron chi connectivity index (χ1n) is 18.3. The number of aromatic nitrogens is 3. The summed E-state index contributed by atoms with van der Waals surface area (Å²) < 4.78 is 7.11. The maximum Gasteiger partial charge on any atom is 0.184 e. The maximum atomic E-state index is 8.34. The lowest BCUT2D eigenvalue weighted by Gasteiger charge is -2.16. The molecule has 11 rings (SSSR count). The van der Waals surface area contributed by atoms with Crippen molar-refractivity contribution in [1.29, 1.82) is 0 Å². The molecule has 0 fully saturated rings. The Labute approximate surface area is 316 Å². The van der Waals surface area contributed by atoms with E-state index in [0.29, 0.717) is 11.4 Å². The number of rotatable bonds is 4. The van der Waals surface area contributed by atoms with Gasteiger partial charge < -0.3 is 13.7 Å². The Balaban J connectivity index is 1.39. The van der Waals surface area contributed by atoms with Crippen LogP contribution in [0.2, 0.25) is 0 Å². The summed E-state index contributed by atoms with van der Waals surface area (Å²) in [6.07, 6.45) is 0. The average molecular weight is 700 g/mol. The number of hydrogen-bond donors (Lipinski definition) is 0. The van der Waals surface area contributed by atoms with Crippen molar-refractivity contribution in [2.45, 2.75) is 0 Å². The second-order valence-corrected chi connectivity index (χ2v) is 13.9. The molecule has 55 heavy (non-hydrogen) atoms. The first-order chi connectivity index (χ1) is 27.2. The molecule has 0 atom stereocenters. The molecule has 0 N–H and O–H groups in total. The third-order valence-electron chi connectivity index (χ3n) is 11.0. The minimum Gasteiger partial charge on any atom is -0.309 e. The molecule has 11 aromatic rings. The molecule has 8 aromatic carbocycles. The van der Waals surface area contributed by atoms with Crippen molar-refractivity contribution in [2.75, 3.05) is 0 Å². The fraction of sp³-hybridized carbons (Fsp3) is 0. The van der Waals surface area contributed by atoms with Gasteiger partial charge in [-0.05, 0) is 71.8 Å². The molecule has 0 spiro atoms. The molecule has 0 bridgehead atoms. The highest BCUT2D eigenvalue weighted by Crippen LogP contribution is 2.47. The molecule has 5 heteroatoms. The lowest BCUT2D eigenvalue weighted by atomic mass is 9.98. The largest absolute Gasteiger partial charge is 0.309 e. The Kier molecular flexibility index (Phi) is 6.61. The number of para-hydroxylation sites is 5. The number of hydrogen-bond acceptors (Lipinski definition) is 0. The summed E-state index contributed by atoms with van der Waals surface area (Å²) in [4.78, 5) is 7.71. The molecule has 3 aromatic heterocycles. The van der Waals surface area contributed by atoms with Gasteiger partial charge in [-0.25, -0.2) is 9.69 Å². The Morgan fingerprint density at radius 2 is 0.909 bits per heavy atom. The minimum absolute atomic E-state index is 0.448. The van der Waals surface area contributed by atoms with E-state index in [2.05, 4.69) is 181 Å². The normalized spacial score (nSPS) is 11.6. The van der Waals surface area contributed by atoms with Crippen LogP contribution in [0.25, 0.3) is 103 Å². The van der Waals surface area contributed by atoms with Gasteiger partial charge in [0.15, 0.2) is 11.4 Å². The van der Waals surface area contributed by atoms with E-state index in [9.17, 15) is 0 Å². The van der Waals surface area contributed by atoms with E-state index in [1.807, 2.05) is 12.1 Å². The van der Waals surface area contributed by atoms with Crippen molar-refractivity contribution in [3.8, 4) is 28.2 Å². The Hall–Kier alpha value is -7.86. The van der Waals surface area contributed by atoms with E-state index >= 15 is 0 Å². The van der Waals surface area contributed by atoms with Crippen LogP contribution in [0.15, 0.2) is 176 Å². The molecule has 0 radical (unpaired) electrons. The standard InChI is InChI=1S/C50H29N5/c1-51-32-25-26-36(43(29-32)52-2)41-30-35(54-44-22-12-9-19-37(44)38-20-10-13-23-45(38)54)31-42-39-27-28-47-48(50(39)55(49(41)42)34-17-7-4-8-18-34)40-21-11-14-24-46(40)53(47)33-15-5-3-6-16-33/h3-31H. The predicted molar refractivity (Wildman–Crippen MR) is 227 cm³/mol. The van der Waals surface area contributed by atoms with Crippen LogP contribution in [-0.4, -0.2) is 13.7 Å². The van der Waals surface area contributed by atoms with E-state index in [4.69, 9.17) is 13.1 Å². The van der Waals surface area contributed by atoms with Gasteiger partial charge in [0.05, 0.1) is 46.2 Å². The SMILES string of the molecule is [C-]#[N+]c1ccc(-c2cc(-n3c4ccccc4c4ccccc43)cc3c4ccc5c(c6ccccc6n5-c5ccccc5)c4n(-c4ccccc4)c23)c([N+]#[C-])c1. The molecular weight excluding hydrogens is 671 g/mol. The summed E-state index contributed by atoms with van der Waals surface area (Å²) in [6, 6.07) is 61.5. The predicted octanol–water partition coefficient (Wildman–Crippen LogP) is 13.7. The van der Waals surface area contributed by atoms with Crippen molar-refractivity contribution in [1.82, 2.24) is 13.7 Å². The van der Waals surface area contributed by atoms with Crippen LogP contribution in [0, 0.1) is 13.1 Å². The summed E-state index contributed by atoms with van der Waals surface area (Å²) in [6.45, 7) is 16.1. The summed E-state index contributed by atoms with van der Waals surface area (Å²) in [7, 11) is 0. The first kappa shape index (κ1) is 30.7. The zero-order valence-corrected chi connectivity index (χ0v) is 29.5. The van der Waals surface area contributed by atoms with Gasteiger partial charge in [-0.1, -0.05) is 115 Å². The van der Waals surface area contributed by atoms with Crippen LogP contribution in [-0.2, 0) is 0 Å². The highest BCUT2D eigenvalue weighted by atomic mass is 15.0. The van der Waals surface area contributed by atoms with Gasteiger partial charge in [0.2, 0.25) is 0 Å². The quantitative estimate of drug-likeness (QED) is 0.163. The van der Waals surface area contributed by atoms with Crippen LogP contribution >= 0.6 is 0 Å². The van der Waals surface area contributed by atoms with Crippen molar-refractivity contribution in [3.63, 3.8) is 0 Å². The Bertz CT molecular complexity index is 3390. The third-order valence-corrected chi connectivity index (χ3v) is 11.0. The Morgan fingerprint density at radius 1 is 0.345 bits per heavy atom. The second-order valence-electron chi connectivity index (χ2n) is 13.9. The molecule has 254 valence electrons. The van der Waals surface area contributed by atoms with Gasteiger partial charge in [-0.2, -0.15) is 0 Å². The smallest absolute Gasteiger partial charge is 0.184 e. The van der Waals surface area contributed by atoms with E-state index in [-0.39, 0.29) is 0 Å². The Morgan fingerprint density at radius 3 is 1.55 bits per heavy atom. The molecule has 5 nitrogen and oxygen atoms in total. The average Bonchev–Trinajstić information content (AvgIpc) is 3.89. The monoisotopic (exact) mass is 699 g/mol. The lowest BCUT2D eigenvalue weighted by Crippen LogP contribution is -1.99. The first-order valence-corrected chi connectivity index (χ1v) is 18.3. The second kappa shape index (κ2) is 11.8. The minimum atomic E-state index is 0.448. The molecule has 0 unspecified atom stereocenters. The summed E-state index contributed by atoms with van der Waals surface area (Å²) in [5.41, 5.74) is 12.3. The third kappa shape index (κ3) is 4.39. The van der Waals surface area contributed by atoms with Gasteiger partial charge in [-0.15, -0.1) is 0 Å². The number of fused-ring (bicyclic) bond motifs is 10. The molecule has 0 amide bonds. The fourth-order valence-electron chi connectivity index (χ4n) is 8.80. The van der Waals surface area contributed by atoms with Gasteiger partial charge in [0, 0.05) is 49.4 Å². The summed E-state index contributed by atoms with van der Waals surface area (Å²) in [5.74, 6) is 0. The van der Waals surface area contributed by atoms with Gasteiger partial charge in [0.1, 0.15) is 0 Å². The van der Waals surface area contributed by atoms with E-state index in [1.165, 1.54) is 16.2 Å². The van der Waals surface area contributed by atoms with Crippen LogP contribution < -0.4 is 0 Å². The molecule has 0 aliphatic heterocycles. The van der Waals surface area contributed by atoms with Crippen LogP contribution in [0.4, 0.5) is 11.4 Å². The van der Waals surface area contributed by atoms with Crippen molar-refractivity contribution in [2.24, 2.45) is 0 Å². The van der Waals surface area contributed by atoms with Crippen molar-refractivity contribution in [3.05, 3.63) is 199 Å². The van der Waals surface area contributed by atoms with Crippen molar-refractivity contribution < 1.29 is 0 Å². The van der Waals surface area contributed by atoms with Crippen molar-refractivity contribution >= 4 is 76.8 Å². The zero-order valence-electron chi connectivity index (χ0n) is 29.5. The lowest BCUT2D eigenvalue weighted by molar-refractivity contribution is 1.17. The van der Waals surface area contributed by atoms with E-state index in [1.54, 1.807) is 6.07 Å². The van der Waals surface area contributed by atoms with Crippen LogP contribution in [0.5, 0.6) is 0 Å².